The van der Waals surface area contributed by atoms with Gasteiger partial charge in [0.15, 0.2) is 0 Å². The largest absolute Gasteiger partial charge is 0.490 e. The number of hydrogen-bond acceptors (Lipinski definition) is 6. The van der Waals surface area contributed by atoms with Crippen molar-refractivity contribution in [3.05, 3.63) is 29.8 Å². The van der Waals surface area contributed by atoms with Crippen molar-refractivity contribution in [1.82, 2.24) is 0 Å². The van der Waals surface area contributed by atoms with Crippen molar-refractivity contribution in [3.63, 3.8) is 0 Å². The molecule has 0 N–H and O–H groups in total. The van der Waals surface area contributed by atoms with Crippen LogP contribution in [0.15, 0.2) is 24.3 Å². The minimum Gasteiger partial charge on any atom is -0.228 e. The summed E-state index contributed by atoms with van der Waals surface area (Å²) in [6.45, 7) is 1.47. The van der Waals surface area contributed by atoms with Crippen molar-refractivity contribution in [2.45, 2.75) is 27.4 Å². The minimum atomic E-state index is -6.53. The molecule has 1 aromatic carbocycles. The van der Waals surface area contributed by atoms with Crippen molar-refractivity contribution in [1.29, 1.82) is 0 Å². The number of rotatable bonds is 8. The second-order valence-electron chi connectivity index (χ2n) is 5.89. The van der Waals surface area contributed by atoms with Gasteiger partial charge in [0, 0.05) is 0 Å². The summed E-state index contributed by atoms with van der Waals surface area (Å²) in [5.41, 5.74) is -18.1. The average molecular weight is 615 g/mol. The van der Waals surface area contributed by atoms with Gasteiger partial charge in [0.1, 0.15) is 0 Å². The Kier molecular flexibility index (Phi) is 8.64. The van der Waals surface area contributed by atoms with Gasteiger partial charge in [0.05, 0.1) is 9.52 Å². The van der Waals surface area contributed by atoms with E-state index in [0.29, 0.717) is 5.56 Å². The quantitative estimate of drug-likeness (QED) is 0.320. The molecule has 0 aliphatic carbocycles. The maximum absolute atomic E-state index is 13.0. The third-order valence-electron chi connectivity index (χ3n) is 3.16. The van der Waals surface area contributed by atoms with E-state index < -0.39 is 83.8 Å². The fourth-order valence-electron chi connectivity index (χ4n) is 1.77. The molecule has 8 radical (unpaired) electrons. The van der Waals surface area contributed by atoms with Crippen molar-refractivity contribution >= 4 is 68.6 Å². The molecule has 0 atom stereocenters. The molecule has 0 bridgehead atoms. The molecule has 1 aromatic rings. The standard InChI is InChI=1S/C11H7F9O6S3Si4/c1-6-2-4-7(5-3-6)30-11(31-27(21,22)8(12,13)14,32-28(23,24)9(15,16)17)33-29(25,26)10(18,19)20/h2-5H,1H3. The van der Waals surface area contributed by atoms with Crippen molar-refractivity contribution < 1.29 is 64.8 Å². The molecule has 0 saturated heterocycles. The van der Waals surface area contributed by atoms with Crippen LogP contribution in [0.4, 0.5) is 39.5 Å². The average Bonchev–Trinajstić information content (AvgIpc) is 2.52. The molecule has 1 rings (SSSR count). The van der Waals surface area contributed by atoms with E-state index in [1.807, 2.05) is 0 Å². The van der Waals surface area contributed by atoms with E-state index in [0.717, 1.165) is 12.1 Å². The summed E-state index contributed by atoms with van der Waals surface area (Å²) in [5, 5.41) is -0.347. The summed E-state index contributed by atoms with van der Waals surface area (Å²) in [6.07, 6.45) is 0. The molecule has 0 aliphatic rings. The molecular formula is C11H7F9O6S3Si4. The molecule has 0 unspecified atom stereocenters. The van der Waals surface area contributed by atoms with Crippen molar-refractivity contribution in [3.8, 4) is 0 Å². The first kappa shape index (κ1) is 30.3. The molecule has 6 nitrogen and oxygen atoms in total. The van der Waals surface area contributed by atoms with Crippen LogP contribution in [0.5, 0.6) is 0 Å². The van der Waals surface area contributed by atoms with Gasteiger partial charge in [-0.05, 0) is 10.8 Å². The SMILES string of the molecule is Cc1ccc([Si]C([Si]S(=O)(=O)C(F)(F)F)([Si]S(=O)(=O)C(F)(F)F)[Si]S(=O)(=O)C(F)(F)F)cc1. The zero-order valence-electron chi connectivity index (χ0n) is 15.4. The van der Waals surface area contributed by atoms with Gasteiger partial charge in [-0.3, -0.25) is 0 Å². The van der Waals surface area contributed by atoms with Gasteiger partial charge < -0.3 is 0 Å². The monoisotopic (exact) mass is 614 g/mol. The Labute approximate surface area is 190 Å². The molecular weight excluding hydrogens is 608 g/mol. The Morgan fingerprint density at radius 3 is 1.09 bits per heavy atom. The second-order valence-corrected chi connectivity index (χ2v) is 24.4. The van der Waals surface area contributed by atoms with Gasteiger partial charge in [-0.15, -0.1) is 0 Å². The van der Waals surface area contributed by atoms with Crippen molar-refractivity contribution in [2.75, 3.05) is 0 Å². The Balaban J connectivity index is 3.90. The number of aryl methyl sites for hydroxylation is 1. The van der Waals surface area contributed by atoms with Gasteiger partial charge >= 0.3 is 16.5 Å². The van der Waals surface area contributed by atoms with Crippen LogP contribution in [-0.4, -0.2) is 77.3 Å². The van der Waals surface area contributed by atoms with Crippen LogP contribution < -0.4 is 5.19 Å². The maximum atomic E-state index is 13.0. The van der Waals surface area contributed by atoms with Gasteiger partial charge in [0.2, 0.25) is 53.9 Å². The first-order valence-corrected chi connectivity index (χ1v) is 18.1. The van der Waals surface area contributed by atoms with Crippen LogP contribution in [0.2, 0.25) is 3.91 Å². The van der Waals surface area contributed by atoms with Gasteiger partial charge in [-0.1, -0.05) is 35.0 Å². The highest BCUT2D eigenvalue weighted by Gasteiger charge is 2.61. The van der Waals surface area contributed by atoms with E-state index in [1.165, 1.54) is 19.1 Å². The summed E-state index contributed by atoms with van der Waals surface area (Å²) in [7, 11) is -30.3. The van der Waals surface area contributed by atoms with E-state index in [1.54, 1.807) is 0 Å². The van der Waals surface area contributed by atoms with Crippen LogP contribution in [0, 0.1) is 6.92 Å². The summed E-state index contributed by atoms with van der Waals surface area (Å²) in [5.74, 6) is 0. The first-order valence-electron chi connectivity index (χ1n) is 7.50. The third-order valence-corrected chi connectivity index (χ3v) is 24.4. The molecule has 0 aromatic heterocycles. The number of hydrogen-bond donors (Lipinski definition) is 0. The maximum Gasteiger partial charge on any atom is 0.490 e. The Hall–Kier alpha value is -0.692. The summed E-state index contributed by atoms with van der Waals surface area (Å²) < 4.78 is 184. The summed E-state index contributed by atoms with van der Waals surface area (Å²) in [6, 6.07) is 4.39. The topological polar surface area (TPSA) is 102 Å². The lowest BCUT2D eigenvalue weighted by Gasteiger charge is -2.30. The Morgan fingerprint density at radius 2 is 0.848 bits per heavy atom. The lowest BCUT2D eigenvalue weighted by molar-refractivity contribution is -0.0419. The van der Waals surface area contributed by atoms with Crippen molar-refractivity contribution in [2.24, 2.45) is 0 Å². The number of halogens is 9. The van der Waals surface area contributed by atoms with E-state index in [4.69, 9.17) is 0 Å². The van der Waals surface area contributed by atoms with Crippen LogP contribution in [0.1, 0.15) is 5.56 Å². The second kappa shape index (κ2) is 9.40. The lowest BCUT2D eigenvalue weighted by Crippen LogP contribution is -2.55. The fourth-order valence-corrected chi connectivity index (χ4v) is 27.9. The van der Waals surface area contributed by atoms with Crippen LogP contribution in [0.25, 0.3) is 0 Å². The molecule has 0 spiro atoms. The number of alkyl halides is 9. The predicted octanol–water partition coefficient (Wildman–Crippen LogP) is 1.02. The van der Waals surface area contributed by atoms with Crippen LogP contribution >= 0.6 is 0 Å². The first-order chi connectivity index (χ1) is 14.3. The Morgan fingerprint density at radius 1 is 0.576 bits per heavy atom. The molecule has 22 heteroatoms. The fraction of sp³-hybridized carbons (Fsp3) is 0.455. The van der Waals surface area contributed by atoms with E-state index in [2.05, 4.69) is 0 Å². The van der Waals surface area contributed by atoms with E-state index in [-0.39, 0.29) is 5.19 Å². The predicted molar refractivity (Wildman–Crippen MR) is 101 cm³/mol. The van der Waals surface area contributed by atoms with Crippen LogP contribution in [-0.2, 0) is 27.9 Å². The Bertz CT molecular complexity index is 1060. The molecule has 0 saturated carbocycles. The third kappa shape index (κ3) is 7.65. The van der Waals surface area contributed by atoms with Gasteiger partial charge in [-0.2, -0.15) is 39.5 Å². The smallest absolute Gasteiger partial charge is 0.228 e. The highest BCUT2D eigenvalue weighted by molar-refractivity contribution is 8.23. The zero-order valence-corrected chi connectivity index (χ0v) is 21.8. The van der Waals surface area contributed by atoms with Gasteiger partial charge in [0.25, 0.3) is 0 Å². The normalized spacial score (nSPS) is 15.0. The van der Waals surface area contributed by atoms with E-state index >= 15 is 0 Å². The molecule has 0 aliphatic heterocycles. The molecule has 0 amide bonds. The molecule has 0 heterocycles. The minimum absolute atomic E-state index is 0.347. The summed E-state index contributed by atoms with van der Waals surface area (Å²) >= 11 is 0. The molecule has 0 fully saturated rings. The summed E-state index contributed by atoms with van der Waals surface area (Å²) in [4.78, 5) is 0. The van der Waals surface area contributed by atoms with E-state index in [9.17, 15) is 64.8 Å². The molecule has 184 valence electrons. The lowest BCUT2D eigenvalue weighted by atomic mass is 10.2. The highest BCUT2D eigenvalue weighted by atomic mass is 32.4. The van der Waals surface area contributed by atoms with Crippen LogP contribution in [0.3, 0.4) is 0 Å². The zero-order chi connectivity index (χ0) is 26.3. The number of benzene rings is 1. The molecule has 33 heavy (non-hydrogen) atoms. The highest BCUT2D eigenvalue weighted by Crippen LogP contribution is 2.38. The van der Waals surface area contributed by atoms with Gasteiger partial charge in [-0.25, -0.2) is 25.3 Å².